The SMILES string of the molecule is Cc1cccc(/C=C2\Oc3cc(OC(=O)c4ccc5c(c4)OCO5)cc(C)c3C2=O)c1. The minimum atomic E-state index is -0.544. The van der Waals surface area contributed by atoms with E-state index in [2.05, 4.69) is 0 Å². The molecule has 0 aliphatic carbocycles. The predicted molar refractivity (Wildman–Crippen MR) is 113 cm³/mol. The molecule has 2 aliphatic rings. The van der Waals surface area contributed by atoms with Crippen LogP contribution in [0.5, 0.6) is 23.0 Å². The molecule has 0 radical (unpaired) electrons. The maximum Gasteiger partial charge on any atom is 0.343 e. The lowest BCUT2D eigenvalue weighted by atomic mass is 10.0. The van der Waals surface area contributed by atoms with E-state index in [1.165, 1.54) is 0 Å². The van der Waals surface area contributed by atoms with Gasteiger partial charge in [0.1, 0.15) is 11.5 Å². The van der Waals surface area contributed by atoms with Crippen LogP contribution in [0.1, 0.15) is 37.4 Å². The van der Waals surface area contributed by atoms with Gasteiger partial charge in [0.05, 0.1) is 11.1 Å². The number of hydrogen-bond acceptors (Lipinski definition) is 6. The van der Waals surface area contributed by atoms with Crippen molar-refractivity contribution in [1.29, 1.82) is 0 Å². The fourth-order valence-corrected chi connectivity index (χ4v) is 3.64. The van der Waals surface area contributed by atoms with Crippen LogP contribution in [-0.4, -0.2) is 18.5 Å². The van der Waals surface area contributed by atoms with Gasteiger partial charge in [0.25, 0.3) is 0 Å². The van der Waals surface area contributed by atoms with E-state index in [1.54, 1.807) is 43.3 Å². The summed E-state index contributed by atoms with van der Waals surface area (Å²) in [6.07, 6.45) is 1.72. The Bertz CT molecular complexity index is 1270. The van der Waals surface area contributed by atoms with Gasteiger partial charge in [0.2, 0.25) is 12.6 Å². The van der Waals surface area contributed by atoms with Crippen LogP contribution in [0.4, 0.5) is 0 Å². The lowest BCUT2D eigenvalue weighted by molar-refractivity contribution is 0.0734. The molecule has 0 aromatic heterocycles. The summed E-state index contributed by atoms with van der Waals surface area (Å²) >= 11 is 0. The van der Waals surface area contributed by atoms with Crippen LogP contribution in [-0.2, 0) is 0 Å². The molecule has 0 spiro atoms. The molecule has 6 nitrogen and oxygen atoms in total. The number of Topliss-reactive ketones (excluding diaryl/α,β-unsaturated/α-hetero) is 1. The number of hydrogen-bond donors (Lipinski definition) is 0. The molecular weight excluding hydrogens is 396 g/mol. The molecule has 31 heavy (non-hydrogen) atoms. The molecule has 2 aliphatic heterocycles. The Kier molecular flexibility index (Phi) is 4.47. The first-order valence-electron chi connectivity index (χ1n) is 9.75. The summed E-state index contributed by atoms with van der Waals surface area (Å²) in [4.78, 5) is 25.4. The van der Waals surface area contributed by atoms with Crippen molar-refractivity contribution in [2.75, 3.05) is 6.79 Å². The molecule has 5 rings (SSSR count). The highest BCUT2D eigenvalue weighted by Gasteiger charge is 2.30. The van der Waals surface area contributed by atoms with Gasteiger partial charge in [-0.15, -0.1) is 0 Å². The minimum absolute atomic E-state index is 0.127. The summed E-state index contributed by atoms with van der Waals surface area (Å²) in [5.41, 5.74) is 3.44. The van der Waals surface area contributed by atoms with Crippen molar-refractivity contribution < 1.29 is 28.5 Å². The van der Waals surface area contributed by atoms with Gasteiger partial charge >= 0.3 is 5.97 Å². The quantitative estimate of drug-likeness (QED) is 0.346. The van der Waals surface area contributed by atoms with Gasteiger partial charge < -0.3 is 18.9 Å². The van der Waals surface area contributed by atoms with E-state index in [0.717, 1.165) is 11.1 Å². The summed E-state index contributed by atoms with van der Waals surface area (Å²) in [5, 5.41) is 0. The molecule has 0 bridgehead atoms. The molecule has 0 atom stereocenters. The number of ketones is 1. The lowest BCUT2D eigenvalue weighted by Crippen LogP contribution is -2.08. The third-order valence-corrected chi connectivity index (χ3v) is 5.10. The molecule has 0 fully saturated rings. The van der Waals surface area contributed by atoms with E-state index in [0.29, 0.717) is 39.7 Å². The Balaban J connectivity index is 1.40. The summed E-state index contributed by atoms with van der Waals surface area (Å²) < 4.78 is 21.9. The number of rotatable bonds is 3. The highest BCUT2D eigenvalue weighted by molar-refractivity contribution is 6.15. The molecule has 0 N–H and O–H groups in total. The first kappa shape index (κ1) is 18.9. The zero-order valence-corrected chi connectivity index (χ0v) is 16.9. The third kappa shape index (κ3) is 3.53. The fourth-order valence-electron chi connectivity index (χ4n) is 3.64. The number of benzene rings is 3. The van der Waals surface area contributed by atoms with Gasteiger partial charge in [-0.3, -0.25) is 4.79 Å². The number of esters is 1. The number of carbonyl (C=O) groups excluding carboxylic acids is 2. The van der Waals surface area contributed by atoms with Crippen LogP contribution in [0.3, 0.4) is 0 Å². The molecule has 2 heterocycles. The van der Waals surface area contributed by atoms with E-state index >= 15 is 0 Å². The fraction of sp³-hybridized carbons (Fsp3) is 0.120. The first-order chi connectivity index (χ1) is 15.0. The average molecular weight is 414 g/mol. The molecular formula is C25H18O6. The van der Waals surface area contributed by atoms with Gasteiger partial charge in [-0.05, 0) is 55.3 Å². The molecule has 3 aromatic rings. The molecule has 0 saturated carbocycles. The molecule has 0 unspecified atom stereocenters. The molecule has 3 aromatic carbocycles. The predicted octanol–water partition coefficient (Wildman–Crippen LogP) is 4.87. The molecule has 154 valence electrons. The summed E-state index contributed by atoms with van der Waals surface area (Å²) in [7, 11) is 0. The molecule has 6 heteroatoms. The van der Waals surface area contributed by atoms with Crippen molar-refractivity contribution in [2.24, 2.45) is 0 Å². The molecule has 0 amide bonds. The second-order valence-corrected chi connectivity index (χ2v) is 7.42. The second-order valence-electron chi connectivity index (χ2n) is 7.42. The second kappa shape index (κ2) is 7.32. The van der Waals surface area contributed by atoms with Crippen LogP contribution in [0.15, 0.2) is 60.4 Å². The highest BCUT2D eigenvalue weighted by Crippen LogP contribution is 2.38. The van der Waals surface area contributed by atoms with Crippen molar-refractivity contribution >= 4 is 17.8 Å². The van der Waals surface area contributed by atoms with Gasteiger partial charge in [-0.1, -0.05) is 29.8 Å². The Morgan fingerprint density at radius 3 is 2.65 bits per heavy atom. The number of ether oxygens (including phenoxy) is 4. The summed E-state index contributed by atoms with van der Waals surface area (Å²) in [5.74, 6) is 1.26. The smallest absolute Gasteiger partial charge is 0.343 e. The van der Waals surface area contributed by atoms with Crippen molar-refractivity contribution in [1.82, 2.24) is 0 Å². The van der Waals surface area contributed by atoms with E-state index < -0.39 is 5.97 Å². The van der Waals surface area contributed by atoms with Gasteiger partial charge in [-0.2, -0.15) is 0 Å². The van der Waals surface area contributed by atoms with Crippen LogP contribution < -0.4 is 18.9 Å². The Hall–Kier alpha value is -4.06. The Labute approximate surface area is 178 Å². The monoisotopic (exact) mass is 414 g/mol. The zero-order valence-electron chi connectivity index (χ0n) is 16.9. The lowest BCUT2D eigenvalue weighted by Gasteiger charge is -2.08. The maximum atomic E-state index is 12.8. The number of aryl methyl sites for hydroxylation is 2. The normalized spacial score (nSPS) is 15.0. The summed E-state index contributed by atoms with van der Waals surface area (Å²) in [6.45, 7) is 3.90. The molecule has 0 saturated heterocycles. The number of allylic oxidation sites excluding steroid dienone is 1. The standard InChI is InChI=1S/C25H18O6/c1-14-4-3-5-16(8-14)10-22-24(26)23-15(2)9-18(12-21(23)31-22)30-25(27)17-6-7-19-20(11-17)29-13-28-19/h3-12H,13H2,1-2H3/b22-10-. The average Bonchev–Trinajstić information content (AvgIpc) is 3.32. The van der Waals surface area contributed by atoms with E-state index in [9.17, 15) is 9.59 Å². The van der Waals surface area contributed by atoms with E-state index in [4.69, 9.17) is 18.9 Å². The van der Waals surface area contributed by atoms with Crippen LogP contribution >= 0.6 is 0 Å². The zero-order chi connectivity index (χ0) is 21.5. The van der Waals surface area contributed by atoms with E-state index in [1.807, 2.05) is 31.2 Å². The highest BCUT2D eigenvalue weighted by atomic mass is 16.7. The minimum Gasteiger partial charge on any atom is -0.454 e. The van der Waals surface area contributed by atoms with Crippen molar-refractivity contribution in [3.8, 4) is 23.0 Å². The van der Waals surface area contributed by atoms with Gasteiger partial charge in [-0.25, -0.2) is 4.79 Å². The maximum absolute atomic E-state index is 12.8. The van der Waals surface area contributed by atoms with Gasteiger partial charge in [0.15, 0.2) is 17.3 Å². The Morgan fingerprint density at radius 2 is 1.81 bits per heavy atom. The summed E-state index contributed by atoms with van der Waals surface area (Å²) in [6, 6.07) is 15.8. The Morgan fingerprint density at radius 1 is 0.968 bits per heavy atom. The van der Waals surface area contributed by atoms with Crippen LogP contribution in [0, 0.1) is 13.8 Å². The van der Waals surface area contributed by atoms with Crippen molar-refractivity contribution in [3.05, 3.63) is 88.2 Å². The van der Waals surface area contributed by atoms with E-state index in [-0.39, 0.29) is 18.3 Å². The first-order valence-corrected chi connectivity index (χ1v) is 9.75. The third-order valence-electron chi connectivity index (χ3n) is 5.10. The van der Waals surface area contributed by atoms with Crippen molar-refractivity contribution in [2.45, 2.75) is 13.8 Å². The van der Waals surface area contributed by atoms with Gasteiger partial charge in [0, 0.05) is 6.07 Å². The number of carbonyl (C=O) groups is 2. The van der Waals surface area contributed by atoms with Crippen LogP contribution in [0.25, 0.3) is 6.08 Å². The largest absolute Gasteiger partial charge is 0.454 e. The topological polar surface area (TPSA) is 71.1 Å². The number of fused-ring (bicyclic) bond motifs is 2. The van der Waals surface area contributed by atoms with Crippen LogP contribution in [0.2, 0.25) is 0 Å². The van der Waals surface area contributed by atoms with Crippen molar-refractivity contribution in [3.63, 3.8) is 0 Å².